The van der Waals surface area contributed by atoms with Gasteiger partial charge in [0.1, 0.15) is 11.9 Å². The first-order valence-corrected chi connectivity index (χ1v) is 9.18. The largest absolute Gasteiger partial charge is 0.383 e. The van der Waals surface area contributed by atoms with Crippen molar-refractivity contribution in [2.75, 3.05) is 19.6 Å². The summed E-state index contributed by atoms with van der Waals surface area (Å²) in [6.07, 6.45) is 0.867. The van der Waals surface area contributed by atoms with Crippen molar-refractivity contribution in [2.24, 2.45) is 11.8 Å². The molecule has 2 heterocycles. The summed E-state index contributed by atoms with van der Waals surface area (Å²) >= 11 is 0. The molecule has 1 aromatic rings. The van der Waals surface area contributed by atoms with Gasteiger partial charge in [-0.05, 0) is 42.4 Å². The molecular weight excluding hydrogens is 321 g/mol. The molecule has 6 heteroatoms. The van der Waals surface area contributed by atoms with E-state index in [1.54, 1.807) is 17.0 Å². The number of hydrogen-bond acceptors (Lipinski definition) is 4. The molecule has 0 saturated carbocycles. The fraction of sp³-hybridized carbons (Fsp3) is 0.632. The second-order valence-electron chi connectivity index (χ2n) is 7.56. The Hall–Kier alpha value is -1.50. The minimum Gasteiger partial charge on any atom is -0.383 e. The van der Waals surface area contributed by atoms with E-state index in [1.807, 2.05) is 19.9 Å². The molecule has 0 bridgehead atoms. The molecule has 3 N–H and O–H groups in total. The van der Waals surface area contributed by atoms with Crippen LogP contribution in [0, 0.1) is 17.7 Å². The summed E-state index contributed by atoms with van der Waals surface area (Å²) in [5.74, 6) is 0.217. The van der Waals surface area contributed by atoms with Crippen molar-refractivity contribution >= 4 is 5.91 Å². The first kappa shape index (κ1) is 18.3. The summed E-state index contributed by atoms with van der Waals surface area (Å²) < 4.78 is 13.6. The van der Waals surface area contributed by atoms with Crippen LogP contribution < -0.4 is 10.9 Å². The van der Waals surface area contributed by atoms with Crippen LogP contribution in [0.4, 0.5) is 4.39 Å². The lowest BCUT2D eigenvalue weighted by Gasteiger charge is -2.37. The number of likely N-dealkylation sites (tertiary alicyclic amines) is 1. The molecule has 2 aliphatic rings. The second kappa shape index (κ2) is 7.81. The molecule has 0 aromatic heterocycles. The van der Waals surface area contributed by atoms with E-state index in [1.165, 1.54) is 6.07 Å². The fourth-order valence-corrected chi connectivity index (χ4v) is 3.97. The van der Waals surface area contributed by atoms with Crippen LogP contribution in [0.1, 0.15) is 38.2 Å². The summed E-state index contributed by atoms with van der Waals surface area (Å²) in [6.45, 7) is 5.82. The van der Waals surface area contributed by atoms with Gasteiger partial charge in [-0.1, -0.05) is 26.0 Å². The molecule has 5 nitrogen and oxygen atoms in total. The molecule has 1 amide bonds. The zero-order chi connectivity index (χ0) is 18.0. The van der Waals surface area contributed by atoms with Gasteiger partial charge in [0.15, 0.2) is 0 Å². The van der Waals surface area contributed by atoms with Crippen LogP contribution in [-0.4, -0.2) is 47.7 Å². The Kier molecular flexibility index (Phi) is 5.71. The van der Waals surface area contributed by atoms with E-state index in [2.05, 4.69) is 10.9 Å². The highest BCUT2D eigenvalue weighted by Crippen LogP contribution is 2.32. The molecule has 0 spiro atoms. The highest BCUT2D eigenvalue weighted by atomic mass is 19.1. The Bertz CT molecular complexity index is 602. The Morgan fingerprint density at radius 3 is 2.68 bits per heavy atom. The molecule has 2 fully saturated rings. The van der Waals surface area contributed by atoms with E-state index in [0.717, 1.165) is 24.9 Å². The fourth-order valence-electron chi connectivity index (χ4n) is 3.97. The van der Waals surface area contributed by atoms with Crippen molar-refractivity contribution < 1.29 is 14.3 Å². The Labute approximate surface area is 148 Å². The maximum atomic E-state index is 13.6. The predicted octanol–water partition coefficient (Wildman–Crippen LogP) is 1.64. The van der Waals surface area contributed by atoms with E-state index in [9.17, 15) is 14.3 Å². The summed E-state index contributed by atoms with van der Waals surface area (Å²) in [6, 6.07) is 7.05. The SMILES string of the molecule is CC(C)C(O)C(=O)N1CCC(C2NNCC2c2cccc(F)c2)CC1. The van der Waals surface area contributed by atoms with E-state index in [4.69, 9.17) is 0 Å². The van der Waals surface area contributed by atoms with Gasteiger partial charge in [-0.25, -0.2) is 4.39 Å². The van der Waals surface area contributed by atoms with Gasteiger partial charge in [0.25, 0.3) is 5.91 Å². The monoisotopic (exact) mass is 349 g/mol. The summed E-state index contributed by atoms with van der Waals surface area (Å²) in [7, 11) is 0. The van der Waals surface area contributed by atoms with Crippen molar-refractivity contribution in [1.82, 2.24) is 15.8 Å². The predicted molar refractivity (Wildman–Crippen MR) is 94.2 cm³/mol. The van der Waals surface area contributed by atoms with Crippen LogP contribution in [0.2, 0.25) is 0 Å². The number of halogens is 1. The van der Waals surface area contributed by atoms with Crippen LogP contribution >= 0.6 is 0 Å². The van der Waals surface area contributed by atoms with E-state index in [0.29, 0.717) is 19.0 Å². The van der Waals surface area contributed by atoms with Gasteiger partial charge < -0.3 is 10.0 Å². The van der Waals surface area contributed by atoms with Crippen LogP contribution in [0.3, 0.4) is 0 Å². The number of aliphatic hydroxyl groups excluding tert-OH is 1. The van der Waals surface area contributed by atoms with Crippen molar-refractivity contribution in [1.29, 1.82) is 0 Å². The average molecular weight is 349 g/mol. The molecule has 2 aliphatic heterocycles. The zero-order valence-electron chi connectivity index (χ0n) is 14.9. The number of rotatable bonds is 4. The van der Waals surface area contributed by atoms with E-state index >= 15 is 0 Å². The maximum Gasteiger partial charge on any atom is 0.251 e. The number of hydrogen-bond donors (Lipinski definition) is 3. The third-order valence-electron chi connectivity index (χ3n) is 5.54. The number of nitrogens with one attached hydrogen (secondary N) is 2. The first-order valence-electron chi connectivity index (χ1n) is 9.18. The first-order chi connectivity index (χ1) is 12.0. The standard InChI is InChI=1S/C19H28FN3O2/c1-12(2)18(24)19(25)23-8-6-13(7-9-23)17-16(11-21-22-17)14-4-3-5-15(20)10-14/h3-5,10,12-13,16-18,21-22,24H,6-9,11H2,1-2H3. The number of hydrazine groups is 1. The number of carbonyl (C=O) groups excluding carboxylic acids is 1. The maximum absolute atomic E-state index is 13.6. The molecule has 0 radical (unpaired) electrons. The number of nitrogens with zero attached hydrogens (tertiary/aromatic N) is 1. The average Bonchev–Trinajstić information content (AvgIpc) is 3.10. The highest BCUT2D eigenvalue weighted by Gasteiger charge is 2.37. The molecular formula is C19H28FN3O2. The summed E-state index contributed by atoms with van der Waals surface area (Å²) in [4.78, 5) is 14.1. The molecule has 1 aromatic carbocycles. The van der Waals surface area contributed by atoms with Gasteiger partial charge in [-0.3, -0.25) is 15.6 Å². The zero-order valence-corrected chi connectivity index (χ0v) is 14.9. The van der Waals surface area contributed by atoms with Crippen molar-refractivity contribution in [3.63, 3.8) is 0 Å². The van der Waals surface area contributed by atoms with Gasteiger partial charge in [-0.2, -0.15) is 0 Å². The molecule has 3 unspecified atom stereocenters. The number of amides is 1. The van der Waals surface area contributed by atoms with Gasteiger partial charge in [0, 0.05) is 31.6 Å². The Morgan fingerprint density at radius 1 is 1.32 bits per heavy atom. The van der Waals surface area contributed by atoms with E-state index in [-0.39, 0.29) is 29.6 Å². The number of carbonyl (C=O) groups is 1. The Balaban J connectivity index is 1.61. The third-order valence-corrected chi connectivity index (χ3v) is 5.54. The van der Waals surface area contributed by atoms with Crippen LogP contribution in [0.25, 0.3) is 0 Å². The van der Waals surface area contributed by atoms with Crippen LogP contribution in [0.5, 0.6) is 0 Å². The van der Waals surface area contributed by atoms with Crippen molar-refractivity contribution in [3.8, 4) is 0 Å². The van der Waals surface area contributed by atoms with Gasteiger partial charge >= 0.3 is 0 Å². The Morgan fingerprint density at radius 2 is 2.04 bits per heavy atom. The van der Waals surface area contributed by atoms with Crippen LogP contribution in [0.15, 0.2) is 24.3 Å². The lowest BCUT2D eigenvalue weighted by Crippen LogP contribution is -2.49. The van der Waals surface area contributed by atoms with Gasteiger partial charge in [0.2, 0.25) is 0 Å². The molecule has 0 aliphatic carbocycles. The number of benzene rings is 1. The molecule has 2 saturated heterocycles. The smallest absolute Gasteiger partial charge is 0.251 e. The molecule has 3 rings (SSSR count). The summed E-state index contributed by atoms with van der Waals surface area (Å²) in [5.41, 5.74) is 7.58. The highest BCUT2D eigenvalue weighted by molar-refractivity contribution is 5.81. The van der Waals surface area contributed by atoms with Gasteiger partial charge in [0.05, 0.1) is 0 Å². The minimum atomic E-state index is -0.914. The normalized spacial score (nSPS) is 26.2. The lowest BCUT2D eigenvalue weighted by atomic mass is 9.80. The second-order valence-corrected chi connectivity index (χ2v) is 7.56. The topological polar surface area (TPSA) is 64.6 Å². The quantitative estimate of drug-likeness (QED) is 0.773. The number of aliphatic hydroxyl groups is 1. The molecule has 138 valence electrons. The van der Waals surface area contributed by atoms with Crippen molar-refractivity contribution in [2.45, 2.75) is 44.8 Å². The molecule has 25 heavy (non-hydrogen) atoms. The summed E-state index contributed by atoms with van der Waals surface area (Å²) in [5, 5.41) is 9.99. The minimum absolute atomic E-state index is 0.0664. The van der Waals surface area contributed by atoms with Gasteiger partial charge in [-0.15, -0.1) is 0 Å². The van der Waals surface area contributed by atoms with Crippen LogP contribution in [-0.2, 0) is 4.79 Å². The van der Waals surface area contributed by atoms with E-state index < -0.39 is 6.10 Å². The third kappa shape index (κ3) is 4.02. The van der Waals surface area contributed by atoms with Crippen molar-refractivity contribution in [3.05, 3.63) is 35.6 Å². The lowest BCUT2D eigenvalue weighted by molar-refractivity contribution is -0.144. The molecule has 3 atom stereocenters. The number of piperidine rings is 1.